The van der Waals surface area contributed by atoms with E-state index < -0.39 is 6.04 Å². The molecular formula is C38H52ClN7O3. The van der Waals surface area contributed by atoms with Crippen LogP contribution in [0.4, 0.5) is 0 Å². The maximum Gasteiger partial charge on any atom is 0.288 e. The number of fused-ring (bicyclic) bond motifs is 1. The lowest BCUT2D eigenvalue weighted by molar-refractivity contribution is -0.145. The quantitative estimate of drug-likeness (QED) is 0.217. The molecule has 1 aromatic heterocycles. The van der Waals surface area contributed by atoms with Crippen LogP contribution in [0.2, 0.25) is 5.02 Å². The van der Waals surface area contributed by atoms with Crippen molar-refractivity contribution in [1.82, 2.24) is 30.3 Å². The molecule has 0 saturated carbocycles. The predicted molar refractivity (Wildman–Crippen MR) is 196 cm³/mol. The van der Waals surface area contributed by atoms with Crippen molar-refractivity contribution in [3.05, 3.63) is 70.9 Å². The van der Waals surface area contributed by atoms with Crippen LogP contribution in [0.1, 0.15) is 76.5 Å². The summed E-state index contributed by atoms with van der Waals surface area (Å²) in [7, 11) is 0. The lowest BCUT2D eigenvalue weighted by Crippen LogP contribution is -2.64. The van der Waals surface area contributed by atoms with Gasteiger partial charge in [0.1, 0.15) is 12.1 Å². The number of likely N-dealkylation sites (tertiary alicyclic amines) is 1. The summed E-state index contributed by atoms with van der Waals surface area (Å²) in [4.78, 5) is 42.9. The molecule has 3 aliphatic heterocycles. The van der Waals surface area contributed by atoms with Crippen molar-refractivity contribution in [2.24, 2.45) is 4.99 Å². The van der Waals surface area contributed by atoms with E-state index >= 15 is 0 Å². The maximum atomic E-state index is 14.4. The Morgan fingerprint density at radius 1 is 1.04 bits per heavy atom. The Balaban J connectivity index is 1.16. The van der Waals surface area contributed by atoms with Gasteiger partial charge in [0, 0.05) is 42.8 Å². The molecule has 2 saturated heterocycles. The average molecular weight is 690 g/mol. The highest BCUT2D eigenvalue weighted by Gasteiger charge is 2.41. The number of unbranched alkanes of at least 4 members (excludes halogenated alkanes) is 1. The van der Waals surface area contributed by atoms with Gasteiger partial charge >= 0.3 is 0 Å². The van der Waals surface area contributed by atoms with Gasteiger partial charge in [-0.25, -0.2) is 4.99 Å². The van der Waals surface area contributed by atoms with Crippen LogP contribution >= 0.6 is 11.6 Å². The SMILES string of the molecule is CC(C)N[C@H](CCCCN1CCCCC1)C(=O)N1CCN(C2=N[C@@H](C)[C@H](c3ccccc3)O2)C[C@H]1C(=O)NCc1ccc2[nH]cc(Cl)c2c1. The molecule has 3 aliphatic rings. The van der Waals surface area contributed by atoms with E-state index in [0.29, 0.717) is 37.2 Å². The molecule has 0 radical (unpaired) electrons. The first kappa shape index (κ1) is 35.2. The minimum Gasteiger partial charge on any atom is -0.455 e. The molecule has 2 aromatic carbocycles. The largest absolute Gasteiger partial charge is 0.455 e. The zero-order chi connectivity index (χ0) is 34.3. The Kier molecular flexibility index (Phi) is 11.8. The Morgan fingerprint density at radius 2 is 1.84 bits per heavy atom. The molecule has 4 heterocycles. The monoisotopic (exact) mass is 689 g/mol. The topological polar surface area (TPSA) is 105 Å². The van der Waals surface area contributed by atoms with Crippen molar-refractivity contribution < 1.29 is 14.3 Å². The number of ether oxygens (including phenoxy) is 1. The summed E-state index contributed by atoms with van der Waals surface area (Å²) >= 11 is 6.37. The number of nitrogens with one attached hydrogen (secondary N) is 3. The highest BCUT2D eigenvalue weighted by molar-refractivity contribution is 6.35. The maximum absolute atomic E-state index is 14.4. The molecule has 0 unspecified atom stereocenters. The summed E-state index contributed by atoms with van der Waals surface area (Å²) in [5, 5.41) is 8.22. The van der Waals surface area contributed by atoms with Crippen LogP contribution in [0.3, 0.4) is 0 Å². The van der Waals surface area contributed by atoms with Crippen LogP contribution in [0.5, 0.6) is 0 Å². The number of amides is 2. The normalized spacial score (nSPS) is 22.3. The van der Waals surface area contributed by atoms with Crippen molar-refractivity contribution in [1.29, 1.82) is 0 Å². The first-order valence-corrected chi connectivity index (χ1v) is 18.5. The molecule has 264 valence electrons. The number of halogens is 1. The number of aliphatic imine (C=N–C) groups is 1. The van der Waals surface area contributed by atoms with Gasteiger partial charge in [-0.2, -0.15) is 0 Å². The Labute approximate surface area is 295 Å². The van der Waals surface area contributed by atoms with Gasteiger partial charge in [0.25, 0.3) is 6.02 Å². The molecule has 2 amide bonds. The number of amidine groups is 1. The van der Waals surface area contributed by atoms with Crippen molar-refractivity contribution in [3.8, 4) is 0 Å². The Morgan fingerprint density at radius 3 is 2.61 bits per heavy atom. The molecule has 2 fully saturated rings. The lowest BCUT2D eigenvalue weighted by atomic mass is 10.0. The van der Waals surface area contributed by atoms with Crippen molar-refractivity contribution in [3.63, 3.8) is 0 Å². The minimum absolute atomic E-state index is 0.0168. The van der Waals surface area contributed by atoms with E-state index in [1.165, 1.54) is 32.4 Å². The second kappa shape index (κ2) is 16.4. The summed E-state index contributed by atoms with van der Waals surface area (Å²) in [6, 6.07) is 15.6. The standard InChI is InChI=1S/C38H52ClN7O3/c1-26(2)42-33(14-8-11-19-44-17-9-5-10-18-44)37(48)46-21-20-45(38-43-27(3)35(49-38)29-12-6-4-7-13-29)25-34(46)36(47)41-23-28-15-16-32-30(22-28)31(39)24-40-32/h4,6-7,12-13,15-16,22,24,26-27,33-35,40,42H,5,8-11,14,17-21,23,25H2,1-3H3,(H,41,47)/t27-,33+,34-,35+/m0/s1. The van der Waals surface area contributed by atoms with Gasteiger partial charge in [0.05, 0.1) is 23.7 Å². The Bertz CT molecular complexity index is 1590. The van der Waals surface area contributed by atoms with Crippen LogP contribution in [-0.2, 0) is 20.9 Å². The van der Waals surface area contributed by atoms with E-state index in [-0.39, 0.29) is 36.0 Å². The van der Waals surface area contributed by atoms with Crippen LogP contribution < -0.4 is 10.6 Å². The van der Waals surface area contributed by atoms with E-state index in [1.807, 2.05) is 41.3 Å². The van der Waals surface area contributed by atoms with Crippen LogP contribution in [0.25, 0.3) is 10.9 Å². The highest BCUT2D eigenvalue weighted by Crippen LogP contribution is 2.31. The number of rotatable bonds is 12. The summed E-state index contributed by atoms with van der Waals surface area (Å²) in [6.45, 7) is 11.2. The van der Waals surface area contributed by atoms with E-state index in [4.69, 9.17) is 21.3 Å². The molecular weight excluding hydrogens is 638 g/mol. The van der Waals surface area contributed by atoms with Gasteiger partial charge in [-0.05, 0) is 75.5 Å². The molecule has 0 aliphatic carbocycles. The number of carbonyl (C=O) groups is 2. The number of piperazine rings is 1. The zero-order valence-corrected chi connectivity index (χ0v) is 29.9. The van der Waals surface area contributed by atoms with Crippen LogP contribution in [0.15, 0.2) is 59.7 Å². The molecule has 3 aromatic rings. The Hall–Kier alpha value is -3.60. The van der Waals surface area contributed by atoms with Gasteiger partial charge < -0.3 is 35.1 Å². The number of hydrogen-bond donors (Lipinski definition) is 3. The molecule has 0 spiro atoms. The fourth-order valence-electron chi connectivity index (χ4n) is 7.37. The van der Waals surface area contributed by atoms with E-state index in [2.05, 4.69) is 53.4 Å². The second-order valence-electron chi connectivity index (χ2n) is 14.1. The summed E-state index contributed by atoms with van der Waals surface area (Å²) < 4.78 is 6.42. The number of carbonyl (C=O) groups excluding carboxylic acids is 2. The molecule has 49 heavy (non-hydrogen) atoms. The van der Waals surface area contributed by atoms with Crippen LogP contribution in [-0.4, -0.2) is 101 Å². The number of aromatic nitrogens is 1. The van der Waals surface area contributed by atoms with Crippen LogP contribution in [0, 0.1) is 0 Å². The molecule has 6 rings (SSSR count). The van der Waals surface area contributed by atoms with E-state index in [9.17, 15) is 9.59 Å². The number of hydrogen-bond acceptors (Lipinski definition) is 7. The van der Waals surface area contributed by atoms with Gasteiger partial charge in [0.15, 0.2) is 0 Å². The fraction of sp³-hybridized carbons (Fsp3) is 0.553. The third-order valence-corrected chi connectivity index (χ3v) is 10.3. The second-order valence-corrected chi connectivity index (χ2v) is 14.5. The third-order valence-electron chi connectivity index (χ3n) is 10.0. The highest BCUT2D eigenvalue weighted by atomic mass is 35.5. The van der Waals surface area contributed by atoms with E-state index in [0.717, 1.165) is 47.8 Å². The smallest absolute Gasteiger partial charge is 0.288 e. The molecule has 3 N–H and O–H groups in total. The van der Waals surface area contributed by atoms with E-state index in [1.54, 1.807) is 11.1 Å². The number of piperidine rings is 1. The summed E-state index contributed by atoms with van der Waals surface area (Å²) in [5.41, 5.74) is 2.95. The van der Waals surface area contributed by atoms with Crippen molar-refractivity contribution in [2.75, 3.05) is 39.3 Å². The first-order chi connectivity index (χ1) is 23.8. The van der Waals surface area contributed by atoms with Crippen molar-refractivity contribution in [2.45, 2.75) is 96.1 Å². The van der Waals surface area contributed by atoms with Crippen molar-refractivity contribution >= 4 is 40.3 Å². The number of benzene rings is 2. The summed E-state index contributed by atoms with van der Waals surface area (Å²) in [5.74, 6) is -0.213. The zero-order valence-electron chi connectivity index (χ0n) is 29.2. The van der Waals surface area contributed by atoms with Gasteiger partial charge in [-0.1, -0.05) is 74.7 Å². The first-order valence-electron chi connectivity index (χ1n) is 18.1. The summed E-state index contributed by atoms with van der Waals surface area (Å²) in [6.07, 6.45) is 8.22. The minimum atomic E-state index is -0.706. The molecule has 0 bridgehead atoms. The van der Waals surface area contributed by atoms with Gasteiger partial charge in [-0.15, -0.1) is 0 Å². The average Bonchev–Trinajstić information content (AvgIpc) is 3.70. The molecule has 10 nitrogen and oxygen atoms in total. The molecule has 4 atom stereocenters. The molecule has 11 heteroatoms. The number of H-pyrrole nitrogens is 1. The number of aromatic amines is 1. The van der Waals surface area contributed by atoms with Gasteiger partial charge in [-0.3, -0.25) is 9.59 Å². The number of nitrogens with zero attached hydrogens (tertiary/aromatic N) is 4. The third kappa shape index (κ3) is 8.77. The van der Waals surface area contributed by atoms with Gasteiger partial charge in [0.2, 0.25) is 11.8 Å². The predicted octanol–water partition coefficient (Wildman–Crippen LogP) is 5.49. The lowest BCUT2D eigenvalue weighted by Gasteiger charge is -2.42. The fourth-order valence-corrected chi connectivity index (χ4v) is 7.58.